The van der Waals surface area contributed by atoms with Gasteiger partial charge in [0.1, 0.15) is 30.7 Å². The molecule has 0 heterocycles. The molecule has 8 N–H and O–H groups in total. The molecule has 4 amide bonds. The molecule has 0 aliphatic heterocycles. The van der Waals surface area contributed by atoms with Crippen LogP contribution in [-0.2, 0) is 38.2 Å². The quantitative estimate of drug-likeness (QED) is 0.0581. The van der Waals surface area contributed by atoms with Gasteiger partial charge in [-0.25, -0.2) is 4.79 Å². The number of carboxylic acid groups (broad SMARTS) is 1. The Hall–Kier alpha value is -3.77. The van der Waals surface area contributed by atoms with Crippen molar-refractivity contribution in [2.75, 3.05) is 33.5 Å². The zero-order valence-electron chi connectivity index (χ0n) is 23.9. The number of rotatable bonds is 16. The second kappa shape index (κ2) is 20.2. The molecular formula is C24H40F3N5O10. The number of aliphatic hydroxyl groups is 1. The van der Waals surface area contributed by atoms with E-state index in [4.69, 9.17) is 20.4 Å². The summed E-state index contributed by atoms with van der Waals surface area (Å²) < 4.78 is 41.3. The first-order chi connectivity index (χ1) is 19.3. The van der Waals surface area contributed by atoms with Crippen molar-refractivity contribution >= 4 is 35.6 Å². The van der Waals surface area contributed by atoms with Crippen LogP contribution in [0.3, 0.4) is 0 Å². The predicted octanol–water partition coefficient (Wildman–Crippen LogP) is -1.80. The van der Waals surface area contributed by atoms with Crippen LogP contribution in [0.2, 0.25) is 0 Å². The van der Waals surface area contributed by atoms with Crippen LogP contribution in [0.15, 0.2) is 12.7 Å². The average molecular weight is 616 g/mol. The van der Waals surface area contributed by atoms with Crippen molar-refractivity contribution in [1.29, 1.82) is 0 Å². The van der Waals surface area contributed by atoms with Crippen LogP contribution in [0, 0.1) is 11.8 Å². The minimum atomic E-state index is -5.08. The van der Waals surface area contributed by atoms with Crippen LogP contribution >= 0.6 is 0 Å². The van der Waals surface area contributed by atoms with Gasteiger partial charge in [0.15, 0.2) is 0 Å². The number of esters is 1. The molecule has 0 saturated heterocycles. The first kappa shape index (κ1) is 40.4. The number of nitrogens with two attached hydrogens (primary N) is 1. The Balaban J connectivity index is 0. The Morgan fingerprint density at radius 1 is 0.905 bits per heavy atom. The molecule has 0 fully saturated rings. The van der Waals surface area contributed by atoms with Crippen molar-refractivity contribution in [3.63, 3.8) is 0 Å². The molecule has 0 bridgehead atoms. The van der Waals surface area contributed by atoms with Gasteiger partial charge in [0.2, 0.25) is 23.6 Å². The molecular weight excluding hydrogens is 575 g/mol. The van der Waals surface area contributed by atoms with Crippen LogP contribution in [0.25, 0.3) is 0 Å². The van der Waals surface area contributed by atoms with E-state index in [1.54, 1.807) is 27.7 Å². The molecule has 0 spiro atoms. The summed E-state index contributed by atoms with van der Waals surface area (Å²) >= 11 is 0. The number of halogens is 3. The summed E-state index contributed by atoms with van der Waals surface area (Å²) in [6.07, 6.45) is -3.57. The van der Waals surface area contributed by atoms with Gasteiger partial charge >= 0.3 is 18.1 Å². The molecule has 0 aliphatic carbocycles. The highest BCUT2D eigenvalue weighted by Gasteiger charge is 2.38. The molecule has 0 unspecified atom stereocenters. The Labute approximate surface area is 240 Å². The zero-order valence-corrected chi connectivity index (χ0v) is 23.9. The molecule has 0 saturated carbocycles. The lowest BCUT2D eigenvalue weighted by molar-refractivity contribution is -0.192. The molecule has 42 heavy (non-hydrogen) atoms. The fourth-order valence-corrected chi connectivity index (χ4v) is 2.74. The number of hydrogen-bond acceptors (Lipinski definition) is 10. The Kier molecular flexibility index (Phi) is 19.4. The molecule has 0 aromatic carbocycles. The van der Waals surface area contributed by atoms with E-state index in [0.717, 1.165) is 7.11 Å². The number of carboxylic acids is 1. The summed E-state index contributed by atoms with van der Waals surface area (Å²) in [5.41, 5.74) is 5.80. The fourth-order valence-electron chi connectivity index (χ4n) is 2.74. The number of alkyl halides is 3. The van der Waals surface area contributed by atoms with Crippen molar-refractivity contribution < 1.29 is 61.6 Å². The van der Waals surface area contributed by atoms with E-state index >= 15 is 0 Å². The van der Waals surface area contributed by atoms with E-state index in [-0.39, 0.29) is 19.1 Å². The molecule has 0 rings (SSSR count). The van der Waals surface area contributed by atoms with Gasteiger partial charge in [-0.3, -0.25) is 24.0 Å². The lowest BCUT2D eigenvalue weighted by atomic mass is 9.99. The van der Waals surface area contributed by atoms with Crippen molar-refractivity contribution in [1.82, 2.24) is 21.3 Å². The van der Waals surface area contributed by atoms with Gasteiger partial charge in [0.05, 0.1) is 26.9 Å². The van der Waals surface area contributed by atoms with Gasteiger partial charge in [0, 0.05) is 0 Å². The van der Waals surface area contributed by atoms with Crippen LogP contribution < -0.4 is 27.0 Å². The smallest absolute Gasteiger partial charge is 0.475 e. The van der Waals surface area contributed by atoms with E-state index < -0.39 is 85.0 Å². The maximum absolute atomic E-state index is 13.0. The summed E-state index contributed by atoms with van der Waals surface area (Å²) in [5.74, 6) is -6.98. The molecule has 0 radical (unpaired) electrons. The van der Waals surface area contributed by atoms with Gasteiger partial charge in [-0.05, 0) is 11.8 Å². The van der Waals surface area contributed by atoms with E-state index in [0.29, 0.717) is 0 Å². The number of ether oxygens (including phenoxy) is 2. The van der Waals surface area contributed by atoms with Gasteiger partial charge < -0.3 is 46.7 Å². The van der Waals surface area contributed by atoms with E-state index in [1.807, 2.05) is 0 Å². The number of aliphatic hydroxyl groups excluding tert-OH is 1. The fraction of sp³-hybridized carbons (Fsp3) is 0.667. The normalized spacial score (nSPS) is 13.8. The second-order valence-corrected chi connectivity index (χ2v) is 9.23. The average Bonchev–Trinajstić information content (AvgIpc) is 2.90. The van der Waals surface area contributed by atoms with Crippen LogP contribution in [0.1, 0.15) is 27.7 Å². The third-order valence-corrected chi connectivity index (χ3v) is 5.06. The minimum absolute atomic E-state index is 0.0676. The Bertz CT molecular complexity index is 931. The van der Waals surface area contributed by atoms with Crippen LogP contribution in [0.4, 0.5) is 13.2 Å². The van der Waals surface area contributed by atoms with E-state index in [9.17, 15) is 42.3 Å². The highest BCUT2D eigenvalue weighted by molar-refractivity contribution is 5.95. The van der Waals surface area contributed by atoms with Crippen molar-refractivity contribution in [2.45, 2.75) is 58.0 Å². The van der Waals surface area contributed by atoms with Gasteiger partial charge in [-0.1, -0.05) is 33.8 Å². The Morgan fingerprint density at radius 3 is 1.74 bits per heavy atom. The predicted molar refractivity (Wildman–Crippen MR) is 140 cm³/mol. The topological polar surface area (TPSA) is 235 Å². The van der Waals surface area contributed by atoms with Gasteiger partial charge in [-0.2, -0.15) is 13.2 Å². The second-order valence-electron chi connectivity index (χ2n) is 9.23. The summed E-state index contributed by atoms with van der Waals surface area (Å²) in [6.45, 7) is 9.23. The van der Waals surface area contributed by atoms with Gasteiger partial charge in [0.25, 0.3) is 0 Å². The lowest BCUT2D eigenvalue weighted by Gasteiger charge is -2.28. The number of nitrogens with one attached hydrogen (secondary N) is 4. The Morgan fingerprint density at radius 2 is 1.36 bits per heavy atom. The number of hydrogen-bond donors (Lipinski definition) is 7. The third kappa shape index (κ3) is 16.5. The minimum Gasteiger partial charge on any atom is -0.475 e. The number of carbonyl (C=O) groups is 6. The lowest BCUT2D eigenvalue weighted by Crippen LogP contribution is -2.60. The van der Waals surface area contributed by atoms with Crippen molar-refractivity contribution in [3.05, 3.63) is 12.7 Å². The monoisotopic (exact) mass is 615 g/mol. The molecule has 0 aromatic heterocycles. The third-order valence-electron chi connectivity index (χ3n) is 5.06. The SMILES string of the molecule is C=CCOC[C@H](N)C(=O)N[C@H](C(=O)N[C@H](C(=O)N[C@@H](CO)C(=O)NCC(=O)OC)C(C)C)C(C)C.O=C(O)C(F)(F)F. The van der Waals surface area contributed by atoms with Crippen molar-refractivity contribution in [3.8, 4) is 0 Å². The van der Waals surface area contributed by atoms with E-state index in [1.165, 1.54) is 6.08 Å². The largest absolute Gasteiger partial charge is 0.490 e. The first-order valence-corrected chi connectivity index (χ1v) is 12.4. The highest BCUT2D eigenvalue weighted by atomic mass is 19.4. The summed E-state index contributed by atoms with van der Waals surface area (Å²) in [4.78, 5) is 70.4. The highest BCUT2D eigenvalue weighted by Crippen LogP contribution is 2.13. The maximum Gasteiger partial charge on any atom is 0.490 e. The van der Waals surface area contributed by atoms with Crippen LogP contribution in [-0.4, -0.2) is 110 Å². The molecule has 15 nitrogen and oxygen atoms in total. The summed E-state index contributed by atoms with van der Waals surface area (Å²) in [5, 5.41) is 26.4. The van der Waals surface area contributed by atoms with Gasteiger partial charge in [-0.15, -0.1) is 6.58 Å². The van der Waals surface area contributed by atoms with Crippen molar-refractivity contribution in [2.24, 2.45) is 17.6 Å². The number of carbonyl (C=O) groups excluding carboxylic acids is 5. The number of aliphatic carboxylic acids is 1. The number of methoxy groups -OCH3 is 1. The summed E-state index contributed by atoms with van der Waals surface area (Å²) in [6, 6.07) is -4.46. The molecule has 4 atom stereocenters. The maximum atomic E-state index is 13.0. The molecule has 0 aliphatic rings. The zero-order chi connectivity index (χ0) is 33.2. The van der Waals surface area contributed by atoms with Crippen LogP contribution in [0.5, 0.6) is 0 Å². The molecule has 242 valence electrons. The number of amides is 4. The summed E-state index contributed by atoms with van der Waals surface area (Å²) in [7, 11) is 1.15. The van der Waals surface area contributed by atoms with E-state index in [2.05, 4.69) is 32.6 Å². The molecule has 0 aromatic rings. The molecule has 18 heteroatoms. The standard InChI is InChI=1S/C22H39N5O8.C2HF3O2/c1-7-8-35-11-14(23)19(30)26-18(13(4)5)22(33)27-17(12(2)3)21(32)25-15(10-28)20(31)24-9-16(29)34-6;3-2(4,5)1(6)7/h7,12-15,17-18,28H,1,8-11,23H2,2-6H3,(H,24,31)(H,25,32)(H,26,30)(H,27,33);(H,6,7)/t14-,15-,17-,18-;/m0./s1. The first-order valence-electron chi connectivity index (χ1n) is 12.4.